The van der Waals surface area contributed by atoms with Gasteiger partial charge in [-0.2, -0.15) is 0 Å². The third-order valence-electron chi connectivity index (χ3n) is 3.37. The summed E-state index contributed by atoms with van der Waals surface area (Å²) in [5.74, 6) is 0. The minimum absolute atomic E-state index is 0.0491. The maximum atomic E-state index is 10.2. The van der Waals surface area contributed by atoms with Crippen LogP contribution in [0.25, 0.3) is 0 Å². The lowest BCUT2D eigenvalue weighted by molar-refractivity contribution is 0.0260. The van der Waals surface area contributed by atoms with Gasteiger partial charge in [0.05, 0.1) is 30.1 Å². The first-order valence-electron chi connectivity index (χ1n) is 6.01. The SMILES string of the molecule is CCC(N)c1cn(CC2(O)CCCC2)nn1. The average Bonchev–Trinajstić information content (AvgIpc) is 2.87. The van der Waals surface area contributed by atoms with E-state index in [0.717, 1.165) is 37.8 Å². The van der Waals surface area contributed by atoms with Crippen molar-refractivity contribution in [2.45, 2.75) is 57.2 Å². The molecule has 1 unspecified atom stereocenters. The van der Waals surface area contributed by atoms with Crippen LogP contribution in [0.3, 0.4) is 0 Å². The van der Waals surface area contributed by atoms with Gasteiger partial charge in [-0.05, 0) is 19.3 Å². The molecule has 0 aromatic carbocycles. The third kappa shape index (κ3) is 2.41. The Balaban J connectivity index is 2.02. The van der Waals surface area contributed by atoms with Gasteiger partial charge >= 0.3 is 0 Å². The summed E-state index contributed by atoms with van der Waals surface area (Å²) in [5.41, 5.74) is 6.10. The molecule has 1 atom stereocenters. The summed E-state index contributed by atoms with van der Waals surface area (Å²) in [7, 11) is 0. The van der Waals surface area contributed by atoms with Crippen molar-refractivity contribution in [3.05, 3.63) is 11.9 Å². The minimum atomic E-state index is -0.582. The van der Waals surface area contributed by atoms with Crippen LogP contribution in [0.1, 0.15) is 50.8 Å². The molecule has 0 amide bonds. The number of nitrogens with two attached hydrogens (primary N) is 1. The van der Waals surface area contributed by atoms with Crippen LogP contribution in [-0.2, 0) is 6.54 Å². The van der Waals surface area contributed by atoms with Crippen LogP contribution in [0.2, 0.25) is 0 Å². The largest absolute Gasteiger partial charge is 0.388 e. The molecule has 1 aromatic rings. The van der Waals surface area contributed by atoms with Crippen molar-refractivity contribution in [2.75, 3.05) is 0 Å². The van der Waals surface area contributed by atoms with E-state index in [9.17, 15) is 5.11 Å². The highest BCUT2D eigenvalue weighted by atomic mass is 16.3. The molecule has 0 spiro atoms. The lowest BCUT2D eigenvalue weighted by Gasteiger charge is -2.21. The maximum absolute atomic E-state index is 10.2. The molecule has 1 saturated carbocycles. The third-order valence-corrected chi connectivity index (χ3v) is 3.37. The molecule has 1 heterocycles. The zero-order chi connectivity index (χ0) is 11.6. The number of aliphatic hydroxyl groups is 1. The zero-order valence-corrected chi connectivity index (χ0v) is 9.76. The predicted octanol–water partition coefficient (Wildman–Crippen LogP) is 0.993. The molecule has 90 valence electrons. The molecule has 3 N–H and O–H groups in total. The predicted molar refractivity (Wildman–Crippen MR) is 60.7 cm³/mol. The van der Waals surface area contributed by atoms with Gasteiger partial charge in [-0.25, -0.2) is 4.68 Å². The average molecular weight is 224 g/mol. The van der Waals surface area contributed by atoms with Crippen molar-refractivity contribution in [1.29, 1.82) is 0 Å². The highest BCUT2D eigenvalue weighted by molar-refractivity contribution is 4.99. The van der Waals surface area contributed by atoms with Crippen LogP contribution >= 0.6 is 0 Å². The quantitative estimate of drug-likeness (QED) is 0.799. The van der Waals surface area contributed by atoms with Crippen LogP contribution < -0.4 is 5.73 Å². The van der Waals surface area contributed by atoms with E-state index < -0.39 is 5.60 Å². The second kappa shape index (κ2) is 4.51. The first-order chi connectivity index (χ1) is 7.63. The Kier molecular flexibility index (Phi) is 3.25. The van der Waals surface area contributed by atoms with Crippen LogP contribution in [-0.4, -0.2) is 25.7 Å². The number of hydrogen-bond acceptors (Lipinski definition) is 4. The molecule has 0 saturated heterocycles. The lowest BCUT2D eigenvalue weighted by Crippen LogP contribution is -2.30. The Morgan fingerprint density at radius 1 is 1.56 bits per heavy atom. The summed E-state index contributed by atoms with van der Waals surface area (Å²) in [6.07, 6.45) is 6.64. The fourth-order valence-electron chi connectivity index (χ4n) is 2.26. The van der Waals surface area contributed by atoms with E-state index in [0.29, 0.717) is 6.54 Å². The molecular formula is C11H20N4O. The number of nitrogens with zero attached hydrogens (tertiary/aromatic N) is 3. The van der Waals surface area contributed by atoms with Gasteiger partial charge in [0.15, 0.2) is 0 Å². The summed E-state index contributed by atoms with van der Waals surface area (Å²) in [5, 5.41) is 18.3. The summed E-state index contributed by atoms with van der Waals surface area (Å²) in [6, 6.07) is -0.0491. The molecular weight excluding hydrogens is 204 g/mol. The smallest absolute Gasteiger partial charge is 0.0994 e. The van der Waals surface area contributed by atoms with Gasteiger partial charge in [0.1, 0.15) is 0 Å². The molecule has 1 fully saturated rings. The van der Waals surface area contributed by atoms with Crippen molar-refractivity contribution in [2.24, 2.45) is 5.73 Å². The molecule has 0 aliphatic heterocycles. The van der Waals surface area contributed by atoms with Crippen LogP contribution in [0, 0.1) is 0 Å². The first kappa shape index (κ1) is 11.5. The number of rotatable bonds is 4. The van der Waals surface area contributed by atoms with Crippen molar-refractivity contribution < 1.29 is 5.11 Å². The molecule has 1 aliphatic rings. The Morgan fingerprint density at radius 2 is 2.25 bits per heavy atom. The van der Waals surface area contributed by atoms with Gasteiger partial charge in [-0.1, -0.05) is 25.0 Å². The minimum Gasteiger partial charge on any atom is -0.388 e. The standard InChI is InChI=1S/C11H20N4O/c1-2-9(12)10-7-15(14-13-10)8-11(16)5-3-4-6-11/h7,9,16H,2-6,8,12H2,1H3. The van der Waals surface area contributed by atoms with E-state index in [4.69, 9.17) is 5.73 Å². The van der Waals surface area contributed by atoms with E-state index >= 15 is 0 Å². The number of aromatic nitrogens is 3. The molecule has 1 aromatic heterocycles. The van der Waals surface area contributed by atoms with Crippen molar-refractivity contribution in [3.8, 4) is 0 Å². The summed E-state index contributed by atoms with van der Waals surface area (Å²) in [4.78, 5) is 0. The molecule has 0 radical (unpaired) electrons. The fraction of sp³-hybridized carbons (Fsp3) is 0.818. The molecule has 0 bridgehead atoms. The molecule has 2 rings (SSSR count). The first-order valence-corrected chi connectivity index (χ1v) is 6.01. The van der Waals surface area contributed by atoms with E-state index in [-0.39, 0.29) is 6.04 Å². The second-order valence-corrected chi connectivity index (χ2v) is 4.79. The Morgan fingerprint density at radius 3 is 2.88 bits per heavy atom. The van der Waals surface area contributed by atoms with Gasteiger partial charge in [-0.15, -0.1) is 5.10 Å². The highest BCUT2D eigenvalue weighted by Gasteiger charge is 2.31. The Hall–Kier alpha value is -0.940. The molecule has 16 heavy (non-hydrogen) atoms. The monoisotopic (exact) mass is 224 g/mol. The summed E-state index contributed by atoms with van der Waals surface area (Å²) >= 11 is 0. The summed E-state index contributed by atoms with van der Waals surface area (Å²) in [6.45, 7) is 2.56. The van der Waals surface area contributed by atoms with Crippen LogP contribution in [0.15, 0.2) is 6.20 Å². The summed E-state index contributed by atoms with van der Waals surface area (Å²) < 4.78 is 1.72. The lowest BCUT2D eigenvalue weighted by atomic mass is 10.0. The van der Waals surface area contributed by atoms with Gasteiger partial charge in [0.2, 0.25) is 0 Å². The Labute approximate surface area is 95.6 Å². The van der Waals surface area contributed by atoms with Crippen LogP contribution in [0.4, 0.5) is 0 Å². The zero-order valence-electron chi connectivity index (χ0n) is 9.76. The van der Waals surface area contributed by atoms with Gasteiger partial charge < -0.3 is 10.8 Å². The van der Waals surface area contributed by atoms with Crippen molar-refractivity contribution >= 4 is 0 Å². The van der Waals surface area contributed by atoms with Crippen LogP contribution in [0.5, 0.6) is 0 Å². The topological polar surface area (TPSA) is 77.0 Å². The van der Waals surface area contributed by atoms with Crippen molar-refractivity contribution in [3.63, 3.8) is 0 Å². The highest BCUT2D eigenvalue weighted by Crippen LogP contribution is 2.30. The van der Waals surface area contributed by atoms with Gasteiger partial charge in [-0.3, -0.25) is 0 Å². The van der Waals surface area contributed by atoms with E-state index in [1.165, 1.54) is 0 Å². The molecule has 5 nitrogen and oxygen atoms in total. The molecule has 5 heteroatoms. The Bertz CT molecular complexity index is 344. The van der Waals surface area contributed by atoms with Gasteiger partial charge in [0, 0.05) is 0 Å². The normalized spacial score (nSPS) is 21.2. The number of hydrogen-bond donors (Lipinski definition) is 2. The maximum Gasteiger partial charge on any atom is 0.0994 e. The van der Waals surface area contributed by atoms with E-state index in [1.807, 2.05) is 13.1 Å². The van der Waals surface area contributed by atoms with E-state index in [2.05, 4.69) is 10.3 Å². The second-order valence-electron chi connectivity index (χ2n) is 4.79. The van der Waals surface area contributed by atoms with Gasteiger partial charge in [0.25, 0.3) is 0 Å². The molecule has 1 aliphatic carbocycles. The van der Waals surface area contributed by atoms with Crippen molar-refractivity contribution in [1.82, 2.24) is 15.0 Å². The fourth-order valence-corrected chi connectivity index (χ4v) is 2.26. The van der Waals surface area contributed by atoms with E-state index in [1.54, 1.807) is 4.68 Å².